The van der Waals surface area contributed by atoms with Crippen LogP contribution in [0.5, 0.6) is 5.75 Å². The number of aliphatic hydroxyl groups is 1. The number of fused-ring (bicyclic) bond motifs is 1. The second kappa shape index (κ2) is 8.93. The highest BCUT2D eigenvalue weighted by atomic mass is 19.1. The van der Waals surface area contributed by atoms with E-state index in [0.29, 0.717) is 41.5 Å². The lowest BCUT2D eigenvalue weighted by Gasteiger charge is -2.14. The quantitative estimate of drug-likeness (QED) is 0.601. The topological polar surface area (TPSA) is 111 Å². The van der Waals surface area contributed by atoms with Crippen LogP contribution < -0.4 is 15.8 Å². The van der Waals surface area contributed by atoms with E-state index in [1.165, 1.54) is 0 Å². The zero-order chi connectivity index (χ0) is 21.1. The van der Waals surface area contributed by atoms with Crippen molar-refractivity contribution in [3.63, 3.8) is 0 Å². The molecule has 4 N–H and O–H groups in total. The summed E-state index contributed by atoms with van der Waals surface area (Å²) in [5.41, 5.74) is 9.58. The van der Waals surface area contributed by atoms with Gasteiger partial charge in [-0.15, -0.1) is 0 Å². The van der Waals surface area contributed by atoms with Crippen LogP contribution >= 0.6 is 0 Å². The van der Waals surface area contributed by atoms with E-state index >= 15 is 0 Å². The van der Waals surface area contributed by atoms with Crippen molar-refractivity contribution < 1.29 is 14.2 Å². The molecule has 3 aromatic rings. The van der Waals surface area contributed by atoms with Crippen LogP contribution in [0.3, 0.4) is 0 Å². The van der Waals surface area contributed by atoms with Crippen molar-refractivity contribution in [2.75, 3.05) is 25.9 Å². The fourth-order valence-electron chi connectivity index (χ4n) is 3.46. The molecule has 0 radical (unpaired) electrons. The molecule has 8 nitrogen and oxygen atoms in total. The molecule has 0 spiro atoms. The summed E-state index contributed by atoms with van der Waals surface area (Å²) in [5, 5.41) is 17.0. The van der Waals surface area contributed by atoms with Crippen molar-refractivity contribution in [3.8, 4) is 17.1 Å². The lowest BCUT2D eigenvalue weighted by atomic mass is 10.1. The predicted octanol–water partition coefficient (Wildman–Crippen LogP) is 2.46. The number of anilines is 1. The zero-order valence-electron chi connectivity index (χ0n) is 17.0. The Labute approximate surface area is 174 Å². The molecule has 1 saturated carbocycles. The predicted molar refractivity (Wildman–Crippen MR) is 112 cm³/mol. The van der Waals surface area contributed by atoms with E-state index in [1.807, 2.05) is 12.1 Å². The number of pyridine rings is 1. The third-order valence-corrected chi connectivity index (χ3v) is 5.38. The van der Waals surface area contributed by atoms with Gasteiger partial charge in [-0.3, -0.25) is 0 Å². The maximum absolute atomic E-state index is 12.1. The number of nitrogens with one attached hydrogen (secondary N) is 1. The molecule has 30 heavy (non-hydrogen) atoms. The lowest BCUT2D eigenvalue weighted by Crippen LogP contribution is -2.28. The Hall–Kier alpha value is -2.78. The summed E-state index contributed by atoms with van der Waals surface area (Å²) in [5.74, 6) is 1.55. The Morgan fingerprint density at radius 1 is 1.27 bits per heavy atom. The maximum atomic E-state index is 12.1. The molecule has 1 aliphatic heterocycles. The molecule has 0 amide bonds. The van der Waals surface area contributed by atoms with Crippen LogP contribution in [-0.2, 0) is 6.61 Å². The Balaban J connectivity index is 0.000000265. The number of methoxy groups -OCH3 is 1. The smallest absolute Gasteiger partial charge is 0.157 e. The van der Waals surface area contributed by atoms with Crippen LogP contribution in [-0.4, -0.2) is 51.1 Å². The van der Waals surface area contributed by atoms with E-state index in [-0.39, 0.29) is 6.61 Å². The van der Waals surface area contributed by atoms with Crippen molar-refractivity contribution in [1.29, 1.82) is 0 Å². The maximum Gasteiger partial charge on any atom is 0.157 e. The van der Waals surface area contributed by atoms with Crippen molar-refractivity contribution in [3.05, 3.63) is 35.7 Å². The van der Waals surface area contributed by atoms with Gasteiger partial charge >= 0.3 is 0 Å². The number of aliphatic hydroxyl groups excluding tert-OH is 1. The first-order valence-electron chi connectivity index (χ1n) is 10.2. The number of rotatable bonds is 4. The third kappa shape index (κ3) is 4.36. The molecule has 1 saturated heterocycles. The van der Waals surface area contributed by atoms with Gasteiger partial charge in [0.25, 0.3) is 0 Å². The number of nitrogens with zero attached hydrogens (tertiary/aromatic N) is 4. The molecule has 0 aromatic carbocycles. The molecule has 4 heterocycles. The highest BCUT2D eigenvalue weighted by Crippen LogP contribution is 2.43. The van der Waals surface area contributed by atoms with Crippen LogP contribution in [0.15, 0.2) is 24.4 Å². The number of hydrogen-bond acceptors (Lipinski definition) is 7. The van der Waals surface area contributed by atoms with Gasteiger partial charge in [0.1, 0.15) is 29.1 Å². The summed E-state index contributed by atoms with van der Waals surface area (Å²) >= 11 is 0. The van der Waals surface area contributed by atoms with Crippen LogP contribution in [0.2, 0.25) is 0 Å². The summed E-state index contributed by atoms with van der Waals surface area (Å²) in [7, 11) is 1.65. The number of hydrogen-bond donors (Lipinski definition) is 3. The van der Waals surface area contributed by atoms with Gasteiger partial charge in [0, 0.05) is 17.5 Å². The van der Waals surface area contributed by atoms with Crippen LogP contribution in [0.1, 0.15) is 42.9 Å². The van der Waals surface area contributed by atoms with Crippen molar-refractivity contribution in [2.24, 2.45) is 0 Å². The Morgan fingerprint density at radius 3 is 2.60 bits per heavy atom. The van der Waals surface area contributed by atoms with Gasteiger partial charge < -0.3 is 20.9 Å². The van der Waals surface area contributed by atoms with E-state index < -0.39 is 6.17 Å². The van der Waals surface area contributed by atoms with Crippen molar-refractivity contribution in [1.82, 2.24) is 24.9 Å². The minimum absolute atomic E-state index is 0.131. The van der Waals surface area contributed by atoms with Crippen molar-refractivity contribution >= 4 is 11.5 Å². The fraction of sp³-hybridized carbons (Fsp3) is 0.476. The Morgan fingerprint density at radius 2 is 2.03 bits per heavy atom. The monoisotopic (exact) mass is 414 g/mol. The number of nitrogens with two attached hydrogens (primary N) is 1. The first-order chi connectivity index (χ1) is 14.6. The largest absolute Gasteiger partial charge is 0.495 e. The molecule has 0 bridgehead atoms. The highest BCUT2D eigenvalue weighted by Gasteiger charge is 2.29. The Bertz CT molecular complexity index is 1010. The van der Waals surface area contributed by atoms with Gasteiger partial charge in [0.05, 0.1) is 25.6 Å². The van der Waals surface area contributed by atoms with E-state index in [4.69, 9.17) is 15.6 Å². The second-order valence-electron chi connectivity index (χ2n) is 7.61. The SMILES string of the molecule is COc1cc2ncc(-c3ccc(CO)c(N)n3)n2nc1C1CC1.FC1CCNCC1. The number of ether oxygens (including phenoxy) is 1. The molecule has 0 unspecified atom stereocenters. The molecule has 1 aliphatic carbocycles. The standard InChI is InChI=1S/C16H17N5O2.C5H10FN/c1-23-13-6-14-18-7-12(21(14)20-15(13)9-2-3-9)11-5-4-10(8-22)16(17)19-11;6-5-1-3-7-4-2-5/h4-7,9,22H,2-3,8H2,1H3,(H2,17,19);5,7H,1-4H2. The summed E-state index contributed by atoms with van der Waals surface area (Å²) < 4.78 is 19.4. The fourth-order valence-corrected chi connectivity index (χ4v) is 3.46. The summed E-state index contributed by atoms with van der Waals surface area (Å²) in [6.07, 6.45) is 4.88. The highest BCUT2D eigenvalue weighted by molar-refractivity contribution is 5.63. The van der Waals surface area contributed by atoms with E-state index in [0.717, 1.165) is 43.1 Å². The van der Waals surface area contributed by atoms with Gasteiger partial charge in [-0.2, -0.15) is 5.10 Å². The number of piperidine rings is 1. The first-order valence-corrected chi connectivity index (χ1v) is 10.2. The minimum Gasteiger partial charge on any atom is -0.495 e. The molecule has 5 rings (SSSR count). The number of halogens is 1. The zero-order valence-corrected chi connectivity index (χ0v) is 17.0. The summed E-state index contributed by atoms with van der Waals surface area (Å²) in [6, 6.07) is 5.48. The average molecular weight is 414 g/mol. The molecule has 2 fully saturated rings. The summed E-state index contributed by atoms with van der Waals surface area (Å²) in [6.45, 7) is 1.59. The molecular weight excluding hydrogens is 387 g/mol. The molecule has 9 heteroatoms. The average Bonchev–Trinajstić information content (AvgIpc) is 3.53. The number of imidazole rings is 1. The van der Waals surface area contributed by atoms with Gasteiger partial charge in [-0.05, 0) is 44.8 Å². The molecule has 3 aromatic heterocycles. The minimum atomic E-state index is -0.527. The number of alkyl halides is 1. The number of nitrogen functional groups attached to an aromatic ring is 1. The van der Waals surface area contributed by atoms with E-state index in [2.05, 4.69) is 15.3 Å². The van der Waals surface area contributed by atoms with Crippen molar-refractivity contribution in [2.45, 2.75) is 44.4 Å². The normalized spacial score (nSPS) is 16.9. The first kappa shape index (κ1) is 20.5. The lowest BCUT2D eigenvalue weighted by molar-refractivity contribution is 0.262. The molecule has 160 valence electrons. The molecular formula is C21H27FN6O2. The van der Waals surface area contributed by atoms with Crippen LogP contribution in [0.4, 0.5) is 10.2 Å². The van der Waals surface area contributed by atoms with Gasteiger partial charge in [-0.25, -0.2) is 18.9 Å². The van der Waals surface area contributed by atoms with E-state index in [1.54, 1.807) is 23.9 Å². The molecule has 0 atom stereocenters. The van der Waals surface area contributed by atoms with Gasteiger partial charge in [-0.1, -0.05) is 6.07 Å². The van der Waals surface area contributed by atoms with Gasteiger partial charge in [0.15, 0.2) is 5.65 Å². The van der Waals surface area contributed by atoms with Crippen LogP contribution in [0, 0.1) is 0 Å². The van der Waals surface area contributed by atoms with Gasteiger partial charge in [0.2, 0.25) is 0 Å². The van der Waals surface area contributed by atoms with Crippen LogP contribution in [0.25, 0.3) is 17.0 Å². The number of aromatic nitrogens is 4. The second-order valence-corrected chi connectivity index (χ2v) is 7.61. The third-order valence-electron chi connectivity index (χ3n) is 5.38. The van der Waals surface area contributed by atoms with E-state index in [9.17, 15) is 9.50 Å². The Kier molecular flexibility index (Phi) is 6.10. The molecule has 2 aliphatic rings. The summed E-state index contributed by atoms with van der Waals surface area (Å²) in [4.78, 5) is 8.74.